The topological polar surface area (TPSA) is 121 Å². The highest BCUT2D eigenvalue weighted by atomic mass is 35.5. The summed E-state index contributed by atoms with van der Waals surface area (Å²) in [7, 11) is 0. The first-order valence-electron chi connectivity index (χ1n) is 4.52. The van der Waals surface area contributed by atoms with Crippen LogP contribution in [0, 0.1) is 0 Å². The number of aromatic carboxylic acids is 1. The third-order valence-electron chi connectivity index (χ3n) is 2.16. The molecule has 92 valence electrons. The number of carbonyl (C=O) groups is 2. The molecular weight excluding hydrogens is 250 g/mol. The van der Waals surface area contributed by atoms with E-state index in [-0.39, 0.29) is 16.1 Å². The number of aliphatic hydroxyl groups excluding tert-OH is 2. The van der Waals surface area contributed by atoms with Crippen LogP contribution in [0.15, 0.2) is 18.2 Å². The van der Waals surface area contributed by atoms with Crippen LogP contribution in [0.1, 0.15) is 22.0 Å². The van der Waals surface area contributed by atoms with Crippen LogP contribution in [0.25, 0.3) is 0 Å². The van der Waals surface area contributed by atoms with Gasteiger partial charge in [-0.1, -0.05) is 17.7 Å². The Morgan fingerprint density at radius 3 is 2.29 bits per heavy atom. The van der Waals surface area contributed by atoms with E-state index in [1.54, 1.807) is 0 Å². The molecule has 17 heavy (non-hydrogen) atoms. The first kappa shape index (κ1) is 13.4. The zero-order valence-corrected chi connectivity index (χ0v) is 9.26. The van der Waals surface area contributed by atoms with E-state index in [9.17, 15) is 19.8 Å². The van der Waals surface area contributed by atoms with Crippen molar-refractivity contribution in [3.05, 3.63) is 34.3 Å². The second kappa shape index (κ2) is 5.13. The number of carbonyl (C=O) groups excluding carboxylic acids is 1. The van der Waals surface area contributed by atoms with Crippen molar-refractivity contribution >= 4 is 23.5 Å². The molecule has 0 bridgehead atoms. The fourth-order valence-corrected chi connectivity index (χ4v) is 1.52. The fourth-order valence-electron chi connectivity index (χ4n) is 1.23. The maximum Gasteiger partial charge on any atom is 0.335 e. The summed E-state index contributed by atoms with van der Waals surface area (Å²) in [6.07, 6.45) is -3.40. The van der Waals surface area contributed by atoms with Crippen LogP contribution in [-0.4, -0.2) is 33.3 Å². The SMILES string of the molecule is NC(=O)C(O)C(O)c1ccc(C(=O)O)cc1Cl. The minimum Gasteiger partial charge on any atom is -0.478 e. The van der Waals surface area contributed by atoms with Crippen LogP contribution in [0.3, 0.4) is 0 Å². The summed E-state index contributed by atoms with van der Waals surface area (Å²) in [5, 5.41) is 27.5. The Morgan fingerprint density at radius 2 is 1.88 bits per heavy atom. The molecule has 0 saturated heterocycles. The lowest BCUT2D eigenvalue weighted by Crippen LogP contribution is -2.34. The Kier molecular flexibility index (Phi) is 4.06. The van der Waals surface area contributed by atoms with E-state index in [0.717, 1.165) is 6.07 Å². The van der Waals surface area contributed by atoms with Crippen molar-refractivity contribution in [1.29, 1.82) is 0 Å². The Bertz CT molecular complexity index is 462. The smallest absolute Gasteiger partial charge is 0.335 e. The molecule has 0 radical (unpaired) electrons. The zero-order valence-electron chi connectivity index (χ0n) is 8.50. The molecule has 0 aliphatic heterocycles. The summed E-state index contributed by atoms with van der Waals surface area (Å²) in [5.74, 6) is -2.28. The van der Waals surface area contributed by atoms with Gasteiger partial charge in [-0.2, -0.15) is 0 Å². The molecule has 1 amide bonds. The molecule has 0 spiro atoms. The number of halogens is 1. The second-order valence-electron chi connectivity index (χ2n) is 3.33. The lowest BCUT2D eigenvalue weighted by Gasteiger charge is -2.16. The fraction of sp³-hybridized carbons (Fsp3) is 0.200. The van der Waals surface area contributed by atoms with E-state index in [1.165, 1.54) is 12.1 Å². The van der Waals surface area contributed by atoms with Gasteiger partial charge in [0, 0.05) is 10.6 Å². The van der Waals surface area contributed by atoms with E-state index in [0.29, 0.717) is 0 Å². The van der Waals surface area contributed by atoms with Crippen molar-refractivity contribution < 1.29 is 24.9 Å². The van der Waals surface area contributed by atoms with Gasteiger partial charge in [0.15, 0.2) is 6.10 Å². The number of amides is 1. The van der Waals surface area contributed by atoms with Gasteiger partial charge in [0.1, 0.15) is 6.10 Å². The van der Waals surface area contributed by atoms with Gasteiger partial charge in [-0.05, 0) is 12.1 Å². The van der Waals surface area contributed by atoms with E-state index >= 15 is 0 Å². The third-order valence-corrected chi connectivity index (χ3v) is 2.48. The molecule has 0 aliphatic rings. The molecule has 0 fully saturated rings. The van der Waals surface area contributed by atoms with Crippen LogP contribution in [-0.2, 0) is 4.79 Å². The largest absolute Gasteiger partial charge is 0.478 e. The number of nitrogens with two attached hydrogens (primary N) is 1. The molecule has 0 aliphatic carbocycles. The van der Waals surface area contributed by atoms with Gasteiger partial charge in [-0.3, -0.25) is 4.79 Å². The predicted octanol–water partition coefficient (Wildman–Crippen LogP) is -0.0822. The summed E-state index contributed by atoms with van der Waals surface area (Å²) in [4.78, 5) is 21.3. The van der Waals surface area contributed by atoms with Crippen LogP contribution < -0.4 is 5.73 Å². The van der Waals surface area contributed by atoms with Gasteiger partial charge >= 0.3 is 5.97 Å². The van der Waals surface area contributed by atoms with E-state index in [4.69, 9.17) is 22.4 Å². The van der Waals surface area contributed by atoms with Crippen molar-refractivity contribution in [2.24, 2.45) is 5.73 Å². The van der Waals surface area contributed by atoms with Gasteiger partial charge in [-0.25, -0.2) is 4.79 Å². The molecule has 0 aromatic heterocycles. The van der Waals surface area contributed by atoms with Gasteiger partial charge in [0.2, 0.25) is 5.91 Å². The summed E-state index contributed by atoms with van der Waals surface area (Å²) in [6.45, 7) is 0. The summed E-state index contributed by atoms with van der Waals surface area (Å²) in [6, 6.07) is 3.51. The van der Waals surface area contributed by atoms with E-state index in [2.05, 4.69) is 0 Å². The highest BCUT2D eigenvalue weighted by Crippen LogP contribution is 2.26. The number of carboxylic acids is 1. The summed E-state index contributed by atoms with van der Waals surface area (Å²) in [5.41, 5.74) is 4.78. The van der Waals surface area contributed by atoms with Crippen molar-refractivity contribution in [2.45, 2.75) is 12.2 Å². The Morgan fingerprint density at radius 1 is 1.29 bits per heavy atom. The highest BCUT2D eigenvalue weighted by Gasteiger charge is 2.25. The monoisotopic (exact) mass is 259 g/mol. The van der Waals surface area contributed by atoms with Crippen molar-refractivity contribution in [3.8, 4) is 0 Å². The van der Waals surface area contributed by atoms with Crippen molar-refractivity contribution in [1.82, 2.24) is 0 Å². The molecule has 1 aromatic rings. The molecule has 6 nitrogen and oxygen atoms in total. The van der Waals surface area contributed by atoms with Crippen LogP contribution in [0.2, 0.25) is 5.02 Å². The zero-order chi connectivity index (χ0) is 13.2. The molecule has 2 atom stereocenters. The number of hydrogen-bond acceptors (Lipinski definition) is 4. The average Bonchev–Trinajstić information content (AvgIpc) is 2.26. The average molecular weight is 260 g/mol. The third kappa shape index (κ3) is 2.94. The molecular formula is C10H10ClNO5. The standard InChI is InChI=1S/C10H10ClNO5/c11-6-3-4(10(16)17)1-2-5(6)7(13)8(14)9(12)15/h1-3,7-8,13-14H,(H2,12,15)(H,16,17). The first-order valence-corrected chi connectivity index (χ1v) is 4.90. The Labute approximate surface area is 101 Å². The molecule has 1 aromatic carbocycles. The van der Waals surface area contributed by atoms with Crippen LogP contribution >= 0.6 is 11.6 Å². The minimum absolute atomic E-state index is 0.0305. The van der Waals surface area contributed by atoms with Crippen molar-refractivity contribution in [2.75, 3.05) is 0 Å². The lowest BCUT2D eigenvalue weighted by molar-refractivity contribution is -0.131. The highest BCUT2D eigenvalue weighted by molar-refractivity contribution is 6.31. The molecule has 0 saturated carbocycles. The van der Waals surface area contributed by atoms with E-state index < -0.39 is 24.1 Å². The quantitative estimate of drug-likeness (QED) is 0.602. The summed E-state index contributed by atoms with van der Waals surface area (Å²) < 4.78 is 0. The molecule has 0 heterocycles. The molecule has 2 unspecified atom stereocenters. The van der Waals surface area contributed by atoms with Crippen LogP contribution in [0.5, 0.6) is 0 Å². The minimum atomic E-state index is -1.80. The maximum atomic E-state index is 10.7. The van der Waals surface area contributed by atoms with Crippen molar-refractivity contribution in [3.63, 3.8) is 0 Å². The normalized spacial score (nSPS) is 14.1. The van der Waals surface area contributed by atoms with Gasteiger partial charge < -0.3 is 21.1 Å². The van der Waals surface area contributed by atoms with Gasteiger partial charge in [0.05, 0.1) is 5.56 Å². The first-order chi connectivity index (χ1) is 7.84. The number of hydrogen-bond donors (Lipinski definition) is 4. The second-order valence-corrected chi connectivity index (χ2v) is 3.74. The predicted molar refractivity (Wildman–Crippen MR) is 58.6 cm³/mol. The number of aliphatic hydroxyl groups is 2. The maximum absolute atomic E-state index is 10.7. The Hall–Kier alpha value is -1.63. The Balaban J connectivity index is 3.08. The van der Waals surface area contributed by atoms with Crippen LogP contribution in [0.4, 0.5) is 0 Å². The molecule has 7 heteroatoms. The molecule has 1 rings (SSSR count). The number of primary amides is 1. The number of rotatable bonds is 4. The molecule has 5 N–H and O–H groups in total. The van der Waals surface area contributed by atoms with E-state index in [1.807, 2.05) is 0 Å². The number of carboxylic acid groups (broad SMARTS) is 1. The van der Waals surface area contributed by atoms with Gasteiger partial charge in [0.25, 0.3) is 0 Å². The van der Waals surface area contributed by atoms with Gasteiger partial charge in [-0.15, -0.1) is 0 Å². The lowest BCUT2D eigenvalue weighted by atomic mass is 10.0. The number of benzene rings is 1. The summed E-state index contributed by atoms with van der Waals surface area (Å²) >= 11 is 5.73.